The number of unbranched alkanes of at least 4 members (excludes halogenated alkanes) is 1. The van der Waals surface area contributed by atoms with E-state index >= 15 is 0 Å². The lowest BCUT2D eigenvalue weighted by molar-refractivity contribution is -0.165. The van der Waals surface area contributed by atoms with Gasteiger partial charge in [-0.2, -0.15) is 0 Å². The smallest absolute Gasteiger partial charge is 0.405 e. The van der Waals surface area contributed by atoms with E-state index in [1.54, 1.807) is 30.6 Å². The molecule has 0 aromatic heterocycles. The Morgan fingerprint density at radius 3 is 1.81 bits per heavy atom. The molecule has 0 spiro atoms. The highest BCUT2D eigenvalue weighted by Gasteiger charge is 2.37. The van der Waals surface area contributed by atoms with Gasteiger partial charge in [-0.15, -0.1) is 0 Å². The third kappa shape index (κ3) is 10.7. The minimum Gasteiger partial charge on any atom is -0.444 e. The number of ether oxygens (including phenoxy) is 2. The highest BCUT2D eigenvalue weighted by atomic mass is 16.6. The van der Waals surface area contributed by atoms with E-state index in [0.29, 0.717) is 6.42 Å². The zero-order valence-corrected chi connectivity index (χ0v) is 22.0. The van der Waals surface area contributed by atoms with Crippen molar-refractivity contribution in [1.82, 2.24) is 20.0 Å². The Kier molecular flexibility index (Phi) is 11.9. The summed E-state index contributed by atoms with van der Waals surface area (Å²) in [7, 11) is 0. The fraction of sp³-hybridized carbons (Fsp3) is 0.739. The second kappa shape index (κ2) is 13.9. The molecule has 2 heterocycles. The van der Waals surface area contributed by atoms with Crippen LogP contribution in [0.25, 0.3) is 0 Å². The lowest BCUT2D eigenvalue weighted by Gasteiger charge is -2.41. The highest BCUT2D eigenvalue weighted by molar-refractivity contribution is 6.00. The van der Waals surface area contributed by atoms with Gasteiger partial charge in [-0.05, 0) is 41.0 Å². The van der Waals surface area contributed by atoms with Gasteiger partial charge in [0.2, 0.25) is 23.6 Å². The molecule has 0 aromatic carbocycles. The monoisotopic (exact) mass is 513 g/mol. The Balaban J connectivity index is 0.000000697. The fourth-order valence-corrected chi connectivity index (χ4v) is 3.53. The van der Waals surface area contributed by atoms with E-state index in [1.807, 2.05) is 20.8 Å². The summed E-state index contributed by atoms with van der Waals surface area (Å²) in [5, 5.41) is 2.25. The Labute approximate surface area is 211 Å². The molecule has 0 aromatic rings. The van der Waals surface area contributed by atoms with Crippen molar-refractivity contribution in [3.8, 4) is 0 Å². The van der Waals surface area contributed by atoms with Crippen LogP contribution in [0, 0.1) is 0 Å². The van der Waals surface area contributed by atoms with Crippen LogP contribution in [0.15, 0.2) is 0 Å². The molecule has 204 valence electrons. The van der Waals surface area contributed by atoms with Crippen LogP contribution in [0.5, 0.6) is 0 Å². The minimum absolute atomic E-state index is 0.00224. The molecule has 5 amide bonds. The average Bonchev–Trinajstić information content (AvgIpc) is 2.74. The number of piperazine rings is 2. The molecular weight excluding hydrogens is 474 g/mol. The minimum atomic E-state index is -0.725. The van der Waals surface area contributed by atoms with Crippen LogP contribution in [0.1, 0.15) is 60.8 Å². The van der Waals surface area contributed by atoms with Crippen LogP contribution in [-0.4, -0.2) is 101 Å². The van der Waals surface area contributed by atoms with Crippen LogP contribution in [0.2, 0.25) is 0 Å². The van der Waals surface area contributed by atoms with E-state index < -0.39 is 29.5 Å². The second-order valence-electron chi connectivity index (χ2n) is 9.76. The first kappa shape index (κ1) is 31.0. The van der Waals surface area contributed by atoms with Crippen LogP contribution < -0.4 is 11.1 Å². The van der Waals surface area contributed by atoms with Crippen LogP contribution in [-0.2, 0) is 33.4 Å². The fourth-order valence-electron chi connectivity index (χ4n) is 3.53. The predicted molar refractivity (Wildman–Crippen MR) is 128 cm³/mol. The van der Waals surface area contributed by atoms with Crippen molar-refractivity contribution in [2.45, 2.75) is 78.5 Å². The number of nitrogens with two attached hydrogens (primary N) is 1. The van der Waals surface area contributed by atoms with Gasteiger partial charge in [0, 0.05) is 18.5 Å². The SMILES string of the molecule is CC(C)(C)OC(N)=O.CCCCC(=O)OCN1C(=O)CN(C(C)C(C)N2CC(=O)NC(=O)C2)CC1=O. The molecular formula is C23H39N5O8. The van der Waals surface area contributed by atoms with Crippen molar-refractivity contribution in [3.05, 3.63) is 0 Å². The molecule has 2 aliphatic heterocycles. The van der Waals surface area contributed by atoms with E-state index in [-0.39, 0.29) is 63.2 Å². The van der Waals surface area contributed by atoms with Crippen molar-refractivity contribution >= 4 is 35.7 Å². The Morgan fingerprint density at radius 1 is 0.944 bits per heavy atom. The molecule has 2 fully saturated rings. The van der Waals surface area contributed by atoms with Gasteiger partial charge in [-0.25, -0.2) is 9.69 Å². The van der Waals surface area contributed by atoms with Gasteiger partial charge >= 0.3 is 12.1 Å². The summed E-state index contributed by atoms with van der Waals surface area (Å²) in [4.78, 5) is 74.0. The molecule has 3 N–H and O–H groups in total. The molecule has 0 saturated carbocycles. The zero-order chi connectivity index (χ0) is 27.6. The standard InChI is InChI=1S/C18H28N4O6.C5H11NO2/c1-4-5-6-18(27)28-11-22-16(25)9-21(10-17(22)26)13(3)12(2)20-7-14(23)19-15(24)8-20;1-5(2,3)8-4(6)7/h12-13H,4-11H2,1-3H3,(H,19,23,24);1-3H3,(H2,6,7). The summed E-state index contributed by atoms with van der Waals surface area (Å²) >= 11 is 0. The van der Waals surface area contributed by atoms with Crippen LogP contribution >= 0.6 is 0 Å². The number of carbonyl (C=O) groups is 6. The van der Waals surface area contributed by atoms with E-state index in [2.05, 4.69) is 10.1 Å². The lowest BCUT2D eigenvalue weighted by atomic mass is 10.1. The van der Waals surface area contributed by atoms with Gasteiger partial charge in [-0.1, -0.05) is 13.3 Å². The molecule has 2 saturated heterocycles. The second-order valence-corrected chi connectivity index (χ2v) is 9.76. The summed E-state index contributed by atoms with van der Waals surface area (Å²) < 4.78 is 9.60. The van der Waals surface area contributed by atoms with Crippen molar-refractivity contribution < 1.29 is 38.2 Å². The summed E-state index contributed by atoms with van der Waals surface area (Å²) in [5.41, 5.74) is 4.26. The number of imide groups is 2. The van der Waals surface area contributed by atoms with Crippen LogP contribution in [0.4, 0.5) is 4.79 Å². The van der Waals surface area contributed by atoms with E-state index in [0.717, 1.165) is 11.3 Å². The van der Waals surface area contributed by atoms with Crippen molar-refractivity contribution in [2.24, 2.45) is 5.73 Å². The quantitative estimate of drug-likeness (QED) is 0.332. The zero-order valence-electron chi connectivity index (χ0n) is 22.0. The van der Waals surface area contributed by atoms with E-state index in [9.17, 15) is 28.8 Å². The maximum Gasteiger partial charge on any atom is 0.405 e. The highest BCUT2D eigenvalue weighted by Crippen LogP contribution is 2.16. The van der Waals surface area contributed by atoms with E-state index in [4.69, 9.17) is 10.5 Å². The summed E-state index contributed by atoms with van der Waals surface area (Å²) in [6.45, 7) is 10.8. The predicted octanol–water partition coefficient (Wildman–Crippen LogP) is -0.0363. The molecule has 13 heteroatoms. The summed E-state index contributed by atoms with van der Waals surface area (Å²) in [6.07, 6.45) is 1.08. The Hall–Kier alpha value is -3.06. The first-order valence-electron chi connectivity index (χ1n) is 11.9. The maximum atomic E-state index is 12.4. The number of amides is 5. The third-order valence-electron chi connectivity index (χ3n) is 5.60. The number of primary amides is 1. The first-order valence-corrected chi connectivity index (χ1v) is 11.9. The largest absolute Gasteiger partial charge is 0.444 e. The molecule has 2 atom stereocenters. The van der Waals surface area contributed by atoms with Gasteiger partial charge in [0.25, 0.3) is 0 Å². The van der Waals surface area contributed by atoms with Gasteiger partial charge in [-0.3, -0.25) is 39.1 Å². The molecule has 2 aliphatic rings. The normalized spacial score (nSPS) is 19.1. The van der Waals surface area contributed by atoms with Crippen LogP contribution in [0.3, 0.4) is 0 Å². The molecule has 0 bridgehead atoms. The number of rotatable bonds is 8. The topological polar surface area (TPSA) is 169 Å². The number of nitrogens with zero attached hydrogens (tertiary/aromatic N) is 3. The Bertz CT molecular complexity index is 807. The summed E-state index contributed by atoms with van der Waals surface area (Å²) in [6, 6.07) is -0.449. The molecule has 0 radical (unpaired) electrons. The summed E-state index contributed by atoms with van der Waals surface area (Å²) in [5.74, 6) is -2.04. The van der Waals surface area contributed by atoms with Gasteiger partial charge in [0.1, 0.15) is 5.60 Å². The Morgan fingerprint density at radius 2 is 1.42 bits per heavy atom. The number of hydrogen-bond acceptors (Lipinski definition) is 10. The molecule has 0 aliphatic carbocycles. The third-order valence-corrected chi connectivity index (χ3v) is 5.60. The number of carbonyl (C=O) groups excluding carboxylic acids is 6. The number of hydrogen-bond donors (Lipinski definition) is 2. The average molecular weight is 514 g/mol. The lowest BCUT2D eigenvalue weighted by Crippen LogP contribution is -2.62. The van der Waals surface area contributed by atoms with E-state index in [1.165, 1.54) is 0 Å². The number of esters is 1. The van der Waals surface area contributed by atoms with Crippen molar-refractivity contribution in [2.75, 3.05) is 32.9 Å². The number of nitrogens with one attached hydrogen (secondary N) is 1. The first-order chi connectivity index (χ1) is 16.6. The van der Waals surface area contributed by atoms with Crippen molar-refractivity contribution in [3.63, 3.8) is 0 Å². The molecule has 2 rings (SSSR count). The van der Waals surface area contributed by atoms with Gasteiger partial charge < -0.3 is 15.2 Å². The molecule has 2 unspecified atom stereocenters. The molecule has 13 nitrogen and oxygen atoms in total. The maximum absolute atomic E-state index is 12.4. The van der Waals surface area contributed by atoms with Crippen molar-refractivity contribution in [1.29, 1.82) is 0 Å². The van der Waals surface area contributed by atoms with Gasteiger partial charge in [0.15, 0.2) is 6.73 Å². The molecule has 36 heavy (non-hydrogen) atoms. The van der Waals surface area contributed by atoms with Gasteiger partial charge in [0.05, 0.1) is 26.2 Å².